The largest absolute Gasteiger partial charge is 0.369 e. The van der Waals surface area contributed by atoms with Gasteiger partial charge in [0, 0.05) is 23.8 Å². The summed E-state index contributed by atoms with van der Waals surface area (Å²) in [5.41, 5.74) is 10.4. The Kier molecular flexibility index (Phi) is 4.14. The molecule has 1 atom stereocenters. The van der Waals surface area contributed by atoms with Crippen molar-refractivity contribution in [2.45, 2.75) is 38.6 Å². The van der Waals surface area contributed by atoms with Gasteiger partial charge in [-0.3, -0.25) is 0 Å². The first-order valence-corrected chi connectivity index (χ1v) is 7.26. The van der Waals surface area contributed by atoms with Gasteiger partial charge in [-0.05, 0) is 43.9 Å². The van der Waals surface area contributed by atoms with E-state index in [9.17, 15) is 4.79 Å². The molecule has 1 unspecified atom stereocenters. The molecule has 6 heteroatoms. The van der Waals surface area contributed by atoms with E-state index in [4.69, 9.17) is 17.3 Å². The number of urea groups is 1. The number of rotatable bonds is 2. The van der Waals surface area contributed by atoms with Crippen molar-refractivity contribution >= 4 is 29.5 Å². The number of amides is 2. The quantitative estimate of drug-likeness (QED) is 0.651. The van der Waals surface area contributed by atoms with Crippen LogP contribution in [0.1, 0.15) is 44.2 Å². The van der Waals surface area contributed by atoms with Crippen molar-refractivity contribution in [3.8, 4) is 0 Å². The minimum absolute atomic E-state index is 0.0961. The number of anilines is 1. The lowest BCUT2D eigenvalue weighted by Crippen LogP contribution is -2.45. The first-order valence-electron chi connectivity index (χ1n) is 6.88. The molecule has 0 spiro atoms. The molecule has 5 nitrogen and oxygen atoms in total. The molecule has 1 aromatic rings. The summed E-state index contributed by atoms with van der Waals surface area (Å²) < 4.78 is 0. The molecule has 1 heterocycles. The molecule has 1 aliphatic heterocycles. The molecule has 0 aromatic heterocycles. The van der Waals surface area contributed by atoms with Gasteiger partial charge in [-0.2, -0.15) is 5.10 Å². The topological polar surface area (TPSA) is 70.7 Å². The van der Waals surface area contributed by atoms with Crippen LogP contribution in [0.2, 0.25) is 5.02 Å². The highest BCUT2D eigenvalue weighted by atomic mass is 35.5. The third-order valence-corrected chi connectivity index (χ3v) is 4.46. The zero-order chi connectivity index (χ0) is 15.8. The van der Waals surface area contributed by atoms with Crippen LogP contribution in [0.3, 0.4) is 0 Å². The van der Waals surface area contributed by atoms with E-state index >= 15 is 0 Å². The molecule has 21 heavy (non-hydrogen) atoms. The van der Waals surface area contributed by atoms with Gasteiger partial charge < -0.3 is 10.6 Å². The molecule has 0 aliphatic carbocycles. The number of halogens is 1. The van der Waals surface area contributed by atoms with Gasteiger partial charge in [0.1, 0.15) is 0 Å². The Bertz CT molecular complexity index is 598. The van der Waals surface area contributed by atoms with Gasteiger partial charge in [0.05, 0.1) is 11.2 Å². The Balaban J connectivity index is 2.41. The van der Waals surface area contributed by atoms with Crippen LogP contribution < -0.4 is 16.1 Å². The molecule has 0 fully saturated rings. The van der Waals surface area contributed by atoms with Crippen molar-refractivity contribution in [2.75, 3.05) is 11.9 Å². The number of carbonyl (C=O) groups excluding carboxylic acids is 1. The minimum Gasteiger partial charge on any atom is -0.369 e. The number of hydrogen-bond donors (Lipinski definition) is 2. The van der Waals surface area contributed by atoms with E-state index in [0.29, 0.717) is 10.9 Å². The predicted molar refractivity (Wildman–Crippen MR) is 87.3 cm³/mol. The molecule has 114 valence electrons. The molecule has 0 radical (unpaired) electrons. The Morgan fingerprint density at radius 1 is 1.57 bits per heavy atom. The fourth-order valence-corrected chi connectivity index (χ4v) is 3.08. The van der Waals surface area contributed by atoms with Crippen LogP contribution in [0.5, 0.6) is 0 Å². The lowest BCUT2D eigenvalue weighted by atomic mass is 9.80. The van der Waals surface area contributed by atoms with E-state index in [1.807, 2.05) is 12.1 Å². The van der Waals surface area contributed by atoms with Crippen LogP contribution in [-0.2, 0) is 0 Å². The van der Waals surface area contributed by atoms with Crippen molar-refractivity contribution in [3.63, 3.8) is 0 Å². The second kappa shape index (κ2) is 5.56. The molecule has 1 aromatic carbocycles. The number of primary amides is 1. The van der Waals surface area contributed by atoms with Gasteiger partial charge in [0.25, 0.3) is 0 Å². The van der Waals surface area contributed by atoms with E-state index in [-0.39, 0.29) is 5.54 Å². The third-order valence-electron chi connectivity index (χ3n) is 4.13. The zero-order valence-corrected chi connectivity index (χ0v) is 13.5. The number of hydrogen-bond acceptors (Lipinski definition) is 3. The summed E-state index contributed by atoms with van der Waals surface area (Å²) >= 11 is 6.32. The first kappa shape index (κ1) is 15.6. The highest BCUT2D eigenvalue weighted by Gasteiger charge is 2.34. The molecule has 1 aliphatic rings. The summed E-state index contributed by atoms with van der Waals surface area (Å²) in [6.07, 6.45) is 2.58. The minimum atomic E-state index is -0.699. The summed E-state index contributed by atoms with van der Waals surface area (Å²) in [5, 5.41) is 4.37. The molecule has 0 bridgehead atoms. The van der Waals surface area contributed by atoms with Crippen LogP contribution in [0.15, 0.2) is 17.2 Å². The number of nitrogens with one attached hydrogen (secondary N) is 1. The Morgan fingerprint density at radius 3 is 2.86 bits per heavy atom. The van der Waals surface area contributed by atoms with Gasteiger partial charge >= 0.3 is 6.03 Å². The van der Waals surface area contributed by atoms with E-state index in [2.05, 4.69) is 43.2 Å². The standard InChI is InChI=1S/C15H21ClN4O/c1-9-7-15(2,3)20(4)13-6-12(16)10(5-11(9)13)8-18-19-14(17)21/h5-6,8-9H,7H2,1-4H3,(H3,17,19,21)/b18-8-. The number of benzene rings is 1. The summed E-state index contributed by atoms with van der Waals surface area (Å²) in [5.74, 6) is 0.430. The zero-order valence-electron chi connectivity index (χ0n) is 12.8. The summed E-state index contributed by atoms with van der Waals surface area (Å²) in [4.78, 5) is 12.9. The third kappa shape index (κ3) is 3.13. The van der Waals surface area contributed by atoms with Crippen molar-refractivity contribution in [1.29, 1.82) is 0 Å². The van der Waals surface area contributed by atoms with Gasteiger partial charge in [-0.1, -0.05) is 18.5 Å². The average molecular weight is 309 g/mol. The van der Waals surface area contributed by atoms with E-state index in [1.54, 1.807) is 0 Å². The van der Waals surface area contributed by atoms with Crippen molar-refractivity contribution < 1.29 is 4.79 Å². The first-order chi connectivity index (χ1) is 9.72. The molecule has 0 saturated heterocycles. The van der Waals surface area contributed by atoms with E-state index in [0.717, 1.165) is 17.7 Å². The smallest absolute Gasteiger partial charge is 0.332 e. The lowest BCUT2D eigenvalue weighted by molar-refractivity contribution is 0.249. The molecule has 0 saturated carbocycles. The van der Waals surface area contributed by atoms with Crippen LogP contribution >= 0.6 is 11.6 Å². The summed E-state index contributed by atoms with van der Waals surface area (Å²) in [6.45, 7) is 6.67. The number of carbonyl (C=O) groups is 1. The molecule has 3 N–H and O–H groups in total. The summed E-state index contributed by atoms with van der Waals surface area (Å²) in [7, 11) is 2.09. The normalized spacial score (nSPS) is 20.4. The SMILES string of the molecule is CC1CC(C)(C)N(C)c2cc(Cl)c(/C=N\NC(N)=O)cc21. The molecular weight excluding hydrogens is 288 g/mol. The second-order valence-corrected chi connectivity index (χ2v) is 6.55. The number of hydrazone groups is 1. The Labute approximate surface area is 130 Å². The number of nitrogens with two attached hydrogens (primary N) is 1. The summed E-state index contributed by atoms with van der Waals surface area (Å²) in [6, 6.07) is 3.29. The Hall–Kier alpha value is -1.75. The van der Waals surface area contributed by atoms with Crippen LogP contribution in [-0.4, -0.2) is 24.8 Å². The Morgan fingerprint density at radius 2 is 2.24 bits per heavy atom. The fourth-order valence-electron chi connectivity index (χ4n) is 2.87. The highest BCUT2D eigenvalue weighted by Crippen LogP contribution is 2.43. The van der Waals surface area contributed by atoms with Crippen LogP contribution in [0.4, 0.5) is 10.5 Å². The van der Waals surface area contributed by atoms with Gasteiger partial charge in [-0.25, -0.2) is 10.2 Å². The maximum absolute atomic E-state index is 10.6. The van der Waals surface area contributed by atoms with Crippen molar-refractivity contribution in [3.05, 3.63) is 28.3 Å². The molecule has 2 amide bonds. The highest BCUT2D eigenvalue weighted by molar-refractivity contribution is 6.33. The predicted octanol–water partition coefficient (Wildman–Crippen LogP) is 3.06. The molecular formula is C15H21ClN4O. The monoisotopic (exact) mass is 308 g/mol. The average Bonchev–Trinajstić information content (AvgIpc) is 2.36. The van der Waals surface area contributed by atoms with Gasteiger partial charge in [-0.15, -0.1) is 0 Å². The van der Waals surface area contributed by atoms with Gasteiger partial charge in [0.15, 0.2) is 0 Å². The van der Waals surface area contributed by atoms with Gasteiger partial charge in [0.2, 0.25) is 0 Å². The fraction of sp³-hybridized carbons (Fsp3) is 0.467. The van der Waals surface area contributed by atoms with Crippen LogP contribution in [0, 0.1) is 0 Å². The second-order valence-electron chi connectivity index (χ2n) is 6.14. The van der Waals surface area contributed by atoms with E-state index in [1.165, 1.54) is 11.8 Å². The number of nitrogens with zero attached hydrogens (tertiary/aromatic N) is 2. The maximum atomic E-state index is 10.6. The maximum Gasteiger partial charge on any atom is 0.332 e. The van der Waals surface area contributed by atoms with Crippen LogP contribution in [0.25, 0.3) is 0 Å². The lowest BCUT2D eigenvalue weighted by Gasteiger charge is -2.45. The van der Waals surface area contributed by atoms with Crippen molar-refractivity contribution in [2.24, 2.45) is 10.8 Å². The number of fused-ring (bicyclic) bond motifs is 1. The molecule has 2 rings (SSSR count). The van der Waals surface area contributed by atoms with Crippen molar-refractivity contribution in [1.82, 2.24) is 5.43 Å². The van der Waals surface area contributed by atoms with E-state index < -0.39 is 6.03 Å².